The van der Waals surface area contributed by atoms with E-state index in [0.29, 0.717) is 11.3 Å². The van der Waals surface area contributed by atoms with Gasteiger partial charge in [0.1, 0.15) is 12.1 Å². The van der Waals surface area contributed by atoms with Crippen LogP contribution in [0, 0.1) is 28.5 Å². The van der Waals surface area contributed by atoms with Crippen molar-refractivity contribution in [3.63, 3.8) is 0 Å². The van der Waals surface area contributed by atoms with Gasteiger partial charge in [0.2, 0.25) is 0 Å². The quantitative estimate of drug-likeness (QED) is 0.852. The molecule has 0 radical (unpaired) electrons. The molecule has 1 N–H and O–H groups in total. The van der Waals surface area contributed by atoms with Crippen molar-refractivity contribution < 1.29 is 4.39 Å². The molecule has 0 saturated heterocycles. The molecule has 20 heavy (non-hydrogen) atoms. The molecule has 0 fully saturated rings. The number of benzene rings is 2. The highest BCUT2D eigenvalue weighted by atomic mass is 79.9. The summed E-state index contributed by atoms with van der Waals surface area (Å²) in [5, 5.41) is 20.7. The van der Waals surface area contributed by atoms with E-state index in [1.165, 1.54) is 18.2 Å². The lowest BCUT2D eigenvalue weighted by atomic mass is 10.2. The molecule has 3 nitrogen and oxygen atoms in total. The molecule has 0 atom stereocenters. The van der Waals surface area contributed by atoms with Crippen LogP contribution in [-0.2, 0) is 0 Å². The highest BCUT2D eigenvalue weighted by molar-refractivity contribution is 9.10. The number of nitriles is 2. The summed E-state index contributed by atoms with van der Waals surface area (Å²) in [6.07, 6.45) is 0. The molecule has 0 aromatic heterocycles. The van der Waals surface area contributed by atoms with Gasteiger partial charge in [0.05, 0.1) is 26.3 Å². The van der Waals surface area contributed by atoms with E-state index in [-0.39, 0.29) is 20.7 Å². The van der Waals surface area contributed by atoms with Crippen LogP contribution in [0.2, 0.25) is 5.02 Å². The molecule has 0 spiro atoms. The predicted octanol–water partition coefficient (Wildman–Crippen LogP) is 4.73. The summed E-state index contributed by atoms with van der Waals surface area (Å²) in [6, 6.07) is 11.5. The topological polar surface area (TPSA) is 59.6 Å². The van der Waals surface area contributed by atoms with Crippen LogP contribution >= 0.6 is 27.5 Å². The Morgan fingerprint density at radius 3 is 2.35 bits per heavy atom. The lowest BCUT2D eigenvalue weighted by molar-refractivity contribution is 0.624. The Labute approximate surface area is 128 Å². The first kappa shape index (κ1) is 14.3. The van der Waals surface area contributed by atoms with Gasteiger partial charge in [-0.3, -0.25) is 0 Å². The van der Waals surface area contributed by atoms with E-state index in [4.69, 9.17) is 22.1 Å². The molecule has 0 aliphatic rings. The molecule has 0 aliphatic heterocycles. The Kier molecular flexibility index (Phi) is 4.24. The summed E-state index contributed by atoms with van der Waals surface area (Å²) in [5.41, 5.74) is 1.31. The number of rotatable bonds is 2. The normalized spacial score (nSPS) is 9.65. The Bertz CT molecular complexity index is 762. The molecule has 2 aromatic carbocycles. The Morgan fingerprint density at radius 2 is 1.75 bits per heavy atom. The standard InChI is InChI=1S/C14H6BrClFN3/c15-13-9(7-19)2-4-12(14(13)17)20-10-3-1-8(6-18)11(16)5-10/h1-5,20H. The highest BCUT2D eigenvalue weighted by Gasteiger charge is 2.11. The zero-order chi connectivity index (χ0) is 14.7. The lowest BCUT2D eigenvalue weighted by Gasteiger charge is -2.10. The van der Waals surface area contributed by atoms with Crippen molar-refractivity contribution in [3.8, 4) is 12.1 Å². The van der Waals surface area contributed by atoms with Crippen LogP contribution in [0.3, 0.4) is 0 Å². The average molecular weight is 351 g/mol. The second kappa shape index (κ2) is 5.92. The largest absolute Gasteiger partial charge is 0.353 e. The van der Waals surface area contributed by atoms with Crippen molar-refractivity contribution in [2.45, 2.75) is 0 Å². The minimum Gasteiger partial charge on any atom is -0.353 e. The first-order valence-corrected chi connectivity index (χ1v) is 6.58. The number of halogens is 3. The van der Waals surface area contributed by atoms with Crippen LogP contribution in [0.15, 0.2) is 34.8 Å². The third-order valence-electron chi connectivity index (χ3n) is 2.57. The maximum Gasteiger partial charge on any atom is 0.162 e. The summed E-state index contributed by atoms with van der Waals surface area (Å²) in [4.78, 5) is 0. The summed E-state index contributed by atoms with van der Waals surface area (Å²) in [6.45, 7) is 0. The van der Waals surface area contributed by atoms with Gasteiger partial charge < -0.3 is 5.32 Å². The van der Waals surface area contributed by atoms with Crippen LogP contribution in [0.5, 0.6) is 0 Å². The molecule has 0 heterocycles. The summed E-state index contributed by atoms with van der Waals surface area (Å²) < 4.78 is 14.1. The molecular weight excluding hydrogens is 345 g/mol. The van der Waals surface area contributed by atoms with Crippen LogP contribution in [-0.4, -0.2) is 0 Å². The number of nitrogens with zero attached hydrogens (tertiary/aromatic N) is 2. The third-order valence-corrected chi connectivity index (χ3v) is 3.66. The van der Waals surface area contributed by atoms with E-state index in [9.17, 15) is 4.39 Å². The van der Waals surface area contributed by atoms with E-state index in [1.54, 1.807) is 12.1 Å². The Hall–Kier alpha value is -2.08. The summed E-state index contributed by atoms with van der Waals surface area (Å²) >= 11 is 8.94. The van der Waals surface area contributed by atoms with Gasteiger partial charge in [-0.1, -0.05) is 11.6 Å². The maximum atomic E-state index is 14.0. The first-order chi connectivity index (χ1) is 9.56. The van der Waals surface area contributed by atoms with E-state index in [2.05, 4.69) is 21.2 Å². The molecule has 0 amide bonds. The fraction of sp³-hybridized carbons (Fsp3) is 0. The number of anilines is 2. The smallest absolute Gasteiger partial charge is 0.162 e. The first-order valence-electron chi connectivity index (χ1n) is 5.41. The van der Waals surface area contributed by atoms with Gasteiger partial charge in [-0.15, -0.1) is 0 Å². The van der Waals surface area contributed by atoms with Crippen LogP contribution in [0.25, 0.3) is 0 Å². The van der Waals surface area contributed by atoms with Gasteiger partial charge in [0.15, 0.2) is 5.82 Å². The minimum atomic E-state index is -0.565. The zero-order valence-corrected chi connectivity index (χ0v) is 12.3. The van der Waals surface area contributed by atoms with E-state index in [1.807, 2.05) is 12.1 Å². The molecule has 0 bridgehead atoms. The van der Waals surface area contributed by atoms with Gasteiger partial charge in [-0.05, 0) is 46.3 Å². The molecule has 0 aliphatic carbocycles. The van der Waals surface area contributed by atoms with Gasteiger partial charge in [-0.25, -0.2) is 4.39 Å². The highest BCUT2D eigenvalue weighted by Crippen LogP contribution is 2.30. The minimum absolute atomic E-state index is 0.102. The average Bonchev–Trinajstić information content (AvgIpc) is 2.44. The summed E-state index contributed by atoms with van der Waals surface area (Å²) in [5.74, 6) is -0.565. The number of hydrogen-bond donors (Lipinski definition) is 1. The fourth-order valence-corrected chi connectivity index (χ4v) is 2.23. The van der Waals surface area contributed by atoms with Crippen molar-refractivity contribution in [2.75, 3.05) is 5.32 Å². The second-order valence-electron chi connectivity index (χ2n) is 3.83. The fourth-order valence-electron chi connectivity index (χ4n) is 1.57. The molecule has 0 unspecified atom stereocenters. The van der Waals surface area contributed by atoms with Gasteiger partial charge >= 0.3 is 0 Å². The van der Waals surface area contributed by atoms with E-state index < -0.39 is 5.82 Å². The molecule has 98 valence electrons. The van der Waals surface area contributed by atoms with Crippen molar-refractivity contribution >= 4 is 38.9 Å². The van der Waals surface area contributed by atoms with Crippen molar-refractivity contribution in [1.82, 2.24) is 0 Å². The van der Waals surface area contributed by atoms with Gasteiger partial charge in [-0.2, -0.15) is 10.5 Å². The molecule has 2 rings (SSSR count). The zero-order valence-electron chi connectivity index (χ0n) is 9.92. The molecular formula is C14H6BrClFN3. The molecule has 0 saturated carbocycles. The van der Waals surface area contributed by atoms with Crippen LogP contribution < -0.4 is 5.32 Å². The predicted molar refractivity (Wildman–Crippen MR) is 78.3 cm³/mol. The van der Waals surface area contributed by atoms with Crippen LogP contribution in [0.1, 0.15) is 11.1 Å². The van der Waals surface area contributed by atoms with E-state index >= 15 is 0 Å². The second-order valence-corrected chi connectivity index (χ2v) is 5.03. The van der Waals surface area contributed by atoms with Crippen molar-refractivity contribution in [1.29, 1.82) is 10.5 Å². The SMILES string of the molecule is N#Cc1ccc(Nc2ccc(C#N)c(Br)c2F)cc1Cl. The van der Waals surface area contributed by atoms with Crippen LogP contribution in [0.4, 0.5) is 15.8 Å². The summed E-state index contributed by atoms with van der Waals surface area (Å²) in [7, 11) is 0. The monoisotopic (exact) mass is 349 g/mol. The molecule has 2 aromatic rings. The van der Waals surface area contributed by atoms with Gasteiger partial charge in [0, 0.05) is 5.69 Å². The van der Waals surface area contributed by atoms with Crippen molar-refractivity contribution in [3.05, 3.63) is 56.8 Å². The number of hydrogen-bond acceptors (Lipinski definition) is 3. The van der Waals surface area contributed by atoms with Gasteiger partial charge in [0.25, 0.3) is 0 Å². The van der Waals surface area contributed by atoms with Crippen molar-refractivity contribution in [2.24, 2.45) is 0 Å². The van der Waals surface area contributed by atoms with E-state index in [0.717, 1.165) is 0 Å². The Balaban J connectivity index is 2.37. The molecule has 6 heteroatoms. The third kappa shape index (κ3) is 2.75. The lowest BCUT2D eigenvalue weighted by Crippen LogP contribution is -1.96. The number of nitrogens with one attached hydrogen (secondary N) is 1. The Morgan fingerprint density at radius 1 is 1.10 bits per heavy atom. The maximum absolute atomic E-state index is 14.0.